The molecule has 0 heterocycles. The van der Waals surface area contributed by atoms with E-state index >= 15 is 0 Å². The number of benzene rings is 2. The van der Waals surface area contributed by atoms with Crippen LogP contribution in [0.4, 0.5) is 0 Å². The Morgan fingerprint density at radius 1 is 1.10 bits per heavy atom. The summed E-state index contributed by atoms with van der Waals surface area (Å²) in [5.41, 5.74) is 3.01. The number of amides is 1. The van der Waals surface area contributed by atoms with Gasteiger partial charge in [-0.05, 0) is 42.8 Å². The molecule has 0 aromatic heterocycles. The second-order valence-corrected chi connectivity index (χ2v) is 6.42. The third-order valence-corrected chi connectivity index (χ3v) is 4.40. The summed E-state index contributed by atoms with van der Waals surface area (Å²) in [7, 11) is -3.85. The number of hydrogen-bond acceptors (Lipinski definition) is 3. The van der Waals surface area contributed by atoms with Crippen molar-refractivity contribution in [2.24, 2.45) is 0 Å². The largest absolute Gasteiger partial charge is 0.273 e. The first kappa shape index (κ1) is 15.5. The molecule has 0 aliphatic carbocycles. The molecule has 2 aromatic carbocycles. The van der Waals surface area contributed by atoms with Crippen LogP contribution in [0.5, 0.6) is 0 Å². The number of rotatable bonds is 4. The summed E-state index contributed by atoms with van der Waals surface area (Å²) in [5, 5.41) is 0.444. The molecule has 1 amide bonds. The van der Waals surface area contributed by atoms with Gasteiger partial charge in [-0.15, -0.1) is 4.83 Å². The molecule has 2 N–H and O–H groups in total. The van der Waals surface area contributed by atoms with Gasteiger partial charge in [-0.25, -0.2) is 8.42 Å². The molecule has 0 saturated carbocycles. The molecule has 2 rings (SSSR count). The lowest BCUT2D eigenvalue weighted by Crippen LogP contribution is -2.41. The van der Waals surface area contributed by atoms with Gasteiger partial charge in [-0.3, -0.25) is 10.2 Å². The topological polar surface area (TPSA) is 75.3 Å². The lowest BCUT2D eigenvalue weighted by molar-refractivity contribution is 0.0945. The summed E-state index contributed by atoms with van der Waals surface area (Å²) in [5.74, 6) is -0.536. The zero-order valence-electron chi connectivity index (χ0n) is 11.1. The third-order valence-electron chi connectivity index (χ3n) is 2.76. The second kappa shape index (κ2) is 6.26. The van der Waals surface area contributed by atoms with Crippen LogP contribution in [-0.4, -0.2) is 14.3 Å². The van der Waals surface area contributed by atoms with Gasteiger partial charge in [0.25, 0.3) is 15.9 Å². The molecule has 0 fully saturated rings. The highest BCUT2D eigenvalue weighted by Crippen LogP contribution is 2.19. The molecule has 0 aliphatic rings. The predicted octanol–water partition coefficient (Wildman–Crippen LogP) is 2.27. The van der Waals surface area contributed by atoms with E-state index in [9.17, 15) is 13.2 Å². The first-order chi connectivity index (χ1) is 9.90. The van der Waals surface area contributed by atoms with Gasteiger partial charge in [0, 0.05) is 10.6 Å². The van der Waals surface area contributed by atoms with Crippen molar-refractivity contribution in [3.05, 3.63) is 64.7 Å². The van der Waals surface area contributed by atoms with Gasteiger partial charge in [-0.2, -0.15) is 0 Å². The fourth-order valence-electron chi connectivity index (χ4n) is 1.74. The number of carbonyl (C=O) groups excluding carboxylic acids is 1. The Balaban J connectivity index is 2.13. The maximum atomic E-state index is 12.1. The molecule has 21 heavy (non-hydrogen) atoms. The number of nitrogens with one attached hydrogen (secondary N) is 2. The van der Waals surface area contributed by atoms with Gasteiger partial charge in [0.1, 0.15) is 0 Å². The van der Waals surface area contributed by atoms with E-state index in [0.29, 0.717) is 16.1 Å². The smallest absolute Gasteiger partial charge is 0.266 e. The van der Waals surface area contributed by atoms with Gasteiger partial charge in [0.05, 0.1) is 4.90 Å². The number of hydrazine groups is 1. The number of hydrogen-bond donors (Lipinski definition) is 2. The van der Waals surface area contributed by atoms with Crippen molar-refractivity contribution in [3.63, 3.8) is 0 Å². The quantitative estimate of drug-likeness (QED) is 0.847. The summed E-state index contributed by atoms with van der Waals surface area (Å²) in [4.78, 5) is 13.9. The lowest BCUT2D eigenvalue weighted by atomic mass is 10.2. The van der Waals surface area contributed by atoms with E-state index in [1.165, 1.54) is 18.2 Å². The van der Waals surface area contributed by atoms with Gasteiger partial charge in [0.2, 0.25) is 0 Å². The molecule has 110 valence electrons. The Morgan fingerprint density at radius 2 is 1.76 bits per heavy atom. The normalized spacial score (nSPS) is 11.1. The summed E-state index contributed by atoms with van der Waals surface area (Å²) >= 11 is 5.79. The molecule has 7 heteroatoms. The van der Waals surface area contributed by atoms with E-state index in [1.807, 2.05) is 0 Å². The summed E-state index contributed by atoms with van der Waals surface area (Å²) in [6.07, 6.45) is 0. The number of carbonyl (C=O) groups is 1. The molecule has 5 nitrogen and oxygen atoms in total. The number of sulfonamides is 1. The molecular weight excluding hydrogens is 312 g/mol. The van der Waals surface area contributed by atoms with Crippen LogP contribution in [0.15, 0.2) is 53.4 Å². The lowest BCUT2D eigenvalue weighted by Gasteiger charge is -2.10. The SMILES string of the molecule is Cc1cc(Cl)ccc1S(=O)(=O)NNC(=O)c1ccccc1. The molecule has 0 radical (unpaired) electrons. The van der Waals surface area contributed by atoms with Crippen LogP contribution < -0.4 is 10.3 Å². The molecule has 0 aliphatic heterocycles. The molecule has 2 aromatic rings. The summed E-state index contributed by atoms with van der Waals surface area (Å²) in [6, 6.07) is 12.7. The van der Waals surface area contributed by atoms with Crippen molar-refractivity contribution in [1.29, 1.82) is 0 Å². The molecule has 0 atom stereocenters. The summed E-state index contributed by atoms with van der Waals surface area (Å²) < 4.78 is 24.3. The zero-order chi connectivity index (χ0) is 15.5. The van der Waals surface area contributed by atoms with Gasteiger partial charge < -0.3 is 0 Å². The minimum atomic E-state index is -3.85. The van der Waals surface area contributed by atoms with E-state index in [2.05, 4.69) is 10.3 Å². The highest BCUT2D eigenvalue weighted by molar-refractivity contribution is 7.89. The average Bonchev–Trinajstić information content (AvgIpc) is 2.45. The van der Waals surface area contributed by atoms with Crippen LogP contribution in [0.1, 0.15) is 15.9 Å². The van der Waals surface area contributed by atoms with Crippen LogP contribution in [0, 0.1) is 6.92 Å². The monoisotopic (exact) mass is 324 g/mol. The Morgan fingerprint density at radius 3 is 2.38 bits per heavy atom. The zero-order valence-corrected chi connectivity index (χ0v) is 12.7. The second-order valence-electron chi connectivity index (χ2n) is 4.34. The van der Waals surface area contributed by atoms with Crippen molar-refractivity contribution in [2.75, 3.05) is 0 Å². The van der Waals surface area contributed by atoms with E-state index in [0.717, 1.165) is 0 Å². The van der Waals surface area contributed by atoms with Gasteiger partial charge in [0.15, 0.2) is 0 Å². The standard InChI is InChI=1S/C14H13ClN2O3S/c1-10-9-12(15)7-8-13(10)21(19,20)17-16-14(18)11-5-3-2-4-6-11/h2-9,17H,1H3,(H,16,18). The maximum Gasteiger partial charge on any atom is 0.266 e. The Labute approximate surface area is 128 Å². The number of aryl methyl sites for hydroxylation is 1. The molecule has 0 bridgehead atoms. The van der Waals surface area contributed by atoms with Crippen LogP contribution in [0.2, 0.25) is 5.02 Å². The number of halogens is 1. The fourth-order valence-corrected chi connectivity index (χ4v) is 3.04. The Kier molecular flexibility index (Phi) is 4.62. The Hall–Kier alpha value is -1.89. The predicted molar refractivity (Wildman–Crippen MR) is 80.4 cm³/mol. The van der Waals surface area contributed by atoms with Crippen molar-refractivity contribution >= 4 is 27.5 Å². The first-order valence-electron chi connectivity index (χ1n) is 6.03. The maximum absolute atomic E-state index is 12.1. The molecule has 0 spiro atoms. The molecular formula is C14H13ClN2O3S. The van der Waals surface area contributed by atoms with Gasteiger partial charge >= 0.3 is 0 Å². The van der Waals surface area contributed by atoms with Crippen LogP contribution in [0.25, 0.3) is 0 Å². The fraction of sp³-hybridized carbons (Fsp3) is 0.0714. The van der Waals surface area contributed by atoms with Crippen molar-refractivity contribution < 1.29 is 13.2 Å². The van der Waals surface area contributed by atoms with Crippen molar-refractivity contribution in [2.45, 2.75) is 11.8 Å². The highest BCUT2D eigenvalue weighted by Gasteiger charge is 2.18. The summed E-state index contributed by atoms with van der Waals surface area (Å²) in [6.45, 7) is 1.62. The van der Waals surface area contributed by atoms with Crippen LogP contribution in [0.3, 0.4) is 0 Å². The molecule has 0 saturated heterocycles. The third kappa shape index (κ3) is 3.81. The first-order valence-corrected chi connectivity index (χ1v) is 7.89. The molecule has 0 unspecified atom stereocenters. The highest BCUT2D eigenvalue weighted by atomic mass is 35.5. The van der Waals surface area contributed by atoms with Crippen molar-refractivity contribution in [1.82, 2.24) is 10.3 Å². The Bertz CT molecular complexity index is 761. The van der Waals surface area contributed by atoms with Crippen LogP contribution in [-0.2, 0) is 10.0 Å². The van der Waals surface area contributed by atoms with Gasteiger partial charge in [-0.1, -0.05) is 29.8 Å². The average molecular weight is 325 g/mol. The minimum absolute atomic E-state index is 0.0558. The van der Waals surface area contributed by atoms with E-state index in [-0.39, 0.29) is 4.90 Å². The van der Waals surface area contributed by atoms with E-state index in [4.69, 9.17) is 11.6 Å². The van der Waals surface area contributed by atoms with E-state index in [1.54, 1.807) is 37.3 Å². The van der Waals surface area contributed by atoms with Crippen molar-refractivity contribution in [3.8, 4) is 0 Å². The van der Waals surface area contributed by atoms with Crippen LogP contribution >= 0.6 is 11.6 Å². The van der Waals surface area contributed by atoms with E-state index < -0.39 is 15.9 Å². The minimum Gasteiger partial charge on any atom is -0.273 e.